The van der Waals surface area contributed by atoms with Gasteiger partial charge < -0.3 is 10.6 Å². The number of hydrogen-bond acceptors (Lipinski definition) is 3. The van der Waals surface area contributed by atoms with E-state index in [-0.39, 0.29) is 29.5 Å². The normalized spacial score (nSPS) is 18.0. The SMILES string of the molecule is O=C(NC1CCCC[C@H]1NC(=O)c1ccc(Cl)cc1)c1ccc(-n2ccccc2=O)cc1. The van der Waals surface area contributed by atoms with Gasteiger partial charge >= 0.3 is 0 Å². The van der Waals surface area contributed by atoms with Crippen molar-refractivity contribution in [2.24, 2.45) is 0 Å². The topological polar surface area (TPSA) is 80.2 Å². The highest BCUT2D eigenvalue weighted by Gasteiger charge is 2.28. The summed E-state index contributed by atoms with van der Waals surface area (Å²) in [4.78, 5) is 37.5. The van der Waals surface area contributed by atoms with Gasteiger partial charge in [0.15, 0.2) is 0 Å². The molecule has 1 aromatic heterocycles. The van der Waals surface area contributed by atoms with Crippen LogP contribution >= 0.6 is 11.6 Å². The Bertz CT molecular complexity index is 1160. The number of benzene rings is 2. The molecule has 1 heterocycles. The highest BCUT2D eigenvalue weighted by molar-refractivity contribution is 6.30. The van der Waals surface area contributed by atoms with Gasteiger partial charge in [-0.3, -0.25) is 19.0 Å². The standard InChI is InChI=1S/C25H24ClN3O3/c26-19-12-8-17(9-13-19)24(31)27-21-5-1-2-6-22(21)28-25(32)18-10-14-20(15-11-18)29-16-4-3-7-23(29)30/h3-4,7-16,21-22H,1-2,5-6H2,(H,27,31)(H,28,32)/t21-,22?/m1/s1. The minimum atomic E-state index is -0.199. The quantitative estimate of drug-likeness (QED) is 0.618. The molecule has 6 nitrogen and oxygen atoms in total. The summed E-state index contributed by atoms with van der Waals surface area (Å²) in [5.74, 6) is -0.375. The molecular formula is C25H24ClN3O3. The van der Waals surface area contributed by atoms with Gasteiger partial charge in [-0.05, 0) is 67.4 Å². The Labute approximate surface area is 191 Å². The van der Waals surface area contributed by atoms with Crippen molar-refractivity contribution in [3.63, 3.8) is 0 Å². The van der Waals surface area contributed by atoms with Crippen LogP contribution in [0.3, 0.4) is 0 Å². The fourth-order valence-electron chi connectivity index (χ4n) is 4.00. The first-order valence-electron chi connectivity index (χ1n) is 10.7. The second kappa shape index (κ2) is 9.83. The molecule has 1 saturated carbocycles. The molecule has 2 aromatic carbocycles. The van der Waals surface area contributed by atoms with Crippen LogP contribution in [0.1, 0.15) is 46.4 Å². The maximum Gasteiger partial charge on any atom is 0.255 e. The zero-order valence-corrected chi connectivity index (χ0v) is 18.2. The monoisotopic (exact) mass is 449 g/mol. The van der Waals surface area contributed by atoms with E-state index in [4.69, 9.17) is 11.6 Å². The molecule has 32 heavy (non-hydrogen) atoms. The molecule has 0 aliphatic heterocycles. The smallest absolute Gasteiger partial charge is 0.255 e. The van der Waals surface area contributed by atoms with E-state index in [0.29, 0.717) is 21.8 Å². The average molecular weight is 450 g/mol. The van der Waals surface area contributed by atoms with E-state index in [0.717, 1.165) is 25.7 Å². The lowest BCUT2D eigenvalue weighted by molar-refractivity contribution is 0.0863. The molecule has 1 unspecified atom stereocenters. The van der Waals surface area contributed by atoms with Crippen LogP contribution < -0.4 is 16.2 Å². The van der Waals surface area contributed by atoms with Crippen LogP contribution in [0.15, 0.2) is 77.7 Å². The molecule has 0 spiro atoms. The second-order valence-corrected chi connectivity index (χ2v) is 8.34. The molecule has 0 saturated heterocycles. The maximum absolute atomic E-state index is 12.9. The summed E-state index contributed by atoms with van der Waals surface area (Å²) >= 11 is 5.90. The minimum Gasteiger partial charge on any atom is -0.347 e. The Hall–Kier alpha value is -3.38. The molecule has 3 aromatic rings. The molecule has 2 amide bonds. The number of carbonyl (C=O) groups excluding carboxylic acids is 2. The summed E-state index contributed by atoms with van der Waals surface area (Å²) in [5.41, 5.74) is 1.60. The van der Waals surface area contributed by atoms with Gasteiger partial charge in [-0.25, -0.2) is 0 Å². The van der Waals surface area contributed by atoms with E-state index in [9.17, 15) is 14.4 Å². The fraction of sp³-hybridized carbons (Fsp3) is 0.240. The van der Waals surface area contributed by atoms with Gasteiger partial charge in [0.05, 0.1) is 0 Å². The summed E-state index contributed by atoms with van der Waals surface area (Å²) in [5, 5.41) is 6.72. The summed E-state index contributed by atoms with van der Waals surface area (Å²) in [6.45, 7) is 0. The van der Waals surface area contributed by atoms with Crippen molar-refractivity contribution in [1.82, 2.24) is 15.2 Å². The number of rotatable bonds is 5. The number of nitrogens with one attached hydrogen (secondary N) is 2. The third-order valence-corrected chi connectivity index (χ3v) is 5.99. The van der Waals surface area contributed by atoms with Gasteiger partial charge in [0.2, 0.25) is 0 Å². The van der Waals surface area contributed by atoms with Crippen LogP contribution in [0.25, 0.3) is 5.69 Å². The number of aromatic nitrogens is 1. The van der Waals surface area contributed by atoms with Crippen LogP contribution in [-0.4, -0.2) is 28.5 Å². The molecule has 164 valence electrons. The van der Waals surface area contributed by atoms with Gasteiger partial charge in [-0.15, -0.1) is 0 Å². The predicted molar refractivity (Wildman–Crippen MR) is 124 cm³/mol. The number of pyridine rings is 1. The Kier molecular flexibility index (Phi) is 6.71. The van der Waals surface area contributed by atoms with Crippen LogP contribution in [0.2, 0.25) is 5.02 Å². The highest BCUT2D eigenvalue weighted by atomic mass is 35.5. The lowest BCUT2D eigenvalue weighted by atomic mass is 9.89. The lowest BCUT2D eigenvalue weighted by Crippen LogP contribution is -2.53. The van der Waals surface area contributed by atoms with Crippen LogP contribution in [0, 0.1) is 0 Å². The average Bonchev–Trinajstić information content (AvgIpc) is 2.81. The van der Waals surface area contributed by atoms with Gasteiger partial charge in [0, 0.05) is 46.2 Å². The Morgan fingerprint density at radius 1 is 0.781 bits per heavy atom. The number of halogens is 1. The minimum absolute atomic E-state index is 0.133. The van der Waals surface area contributed by atoms with Crippen molar-refractivity contribution >= 4 is 23.4 Å². The Balaban J connectivity index is 1.42. The predicted octanol–water partition coefficient (Wildman–Crippen LogP) is 3.96. The van der Waals surface area contributed by atoms with E-state index in [1.165, 1.54) is 10.6 Å². The molecule has 2 atom stereocenters. The molecular weight excluding hydrogens is 426 g/mol. The van der Waals surface area contributed by atoms with Crippen LogP contribution in [-0.2, 0) is 0 Å². The third kappa shape index (κ3) is 5.08. The number of carbonyl (C=O) groups is 2. The Morgan fingerprint density at radius 2 is 1.31 bits per heavy atom. The molecule has 2 N–H and O–H groups in total. The van der Waals surface area contributed by atoms with E-state index in [1.807, 2.05) is 0 Å². The molecule has 1 aliphatic rings. The largest absolute Gasteiger partial charge is 0.347 e. The molecule has 0 radical (unpaired) electrons. The fourth-order valence-corrected chi connectivity index (χ4v) is 4.12. The lowest BCUT2D eigenvalue weighted by Gasteiger charge is -2.33. The van der Waals surface area contributed by atoms with Gasteiger partial charge in [0.1, 0.15) is 0 Å². The van der Waals surface area contributed by atoms with Crippen molar-refractivity contribution in [3.05, 3.63) is 99.4 Å². The van der Waals surface area contributed by atoms with Crippen LogP contribution in [0.4, 0.5) is 0 Å². The van der Waals surface area contributed by atoms with E-state index < -0.39 is 0 Å². The van der Waals surface area contributed by atoms with Crippen LogP contribution in [0.5, 0.6) is 0 Å². The first-order valence-corrected chi connectivity index (χ1v) is 11.0. The summed E-state index contributed by atoms with van der Waals surface area (Å²) in [7, 11) is 0. The zero-order chi connectivity index (χ0) is 22.5. The summed E-state index contributed by atoms with van der Waals surface area (Å²) < 4.78 is 1.52. The van der Waals surface area contributed by atoms with Crippen molar-refractivity contribution in [1.29, 1.82) is 0 Å². The molecule has 4 rings (SSSR count). The number of nitrogens with zero attached hydrogens (tertiary/aromatic N) is 1. The second-order valence-electron chi connectivity index (χ2n) is 7.91. The molecule has 1 fully saturated rings. The van der Waals surface area contributed by atoms with Gasteiger partial charge in [0.25, 0.3) is 17.4 Å². The summed E-state index contributed by atoms with van der Waals surface area (Å²) in [6, 6.07) is 18.3. The van der Waals surface area contributed by atoms with Crippen molar-refractivity contribution in [3.8, 4) is 5.69 Å². The number of hydrogen-bond donors (Lipinski definition) is 2. The first kappa shape index (κ1) is 21.8. The molecule has 1 aliphatic carbocycles. The Morgan fingerprint density at radius 3 is 1.84 bits per heavy atom. The van der Waals surface area contributed by atoms with E-state index >= 15 is 0 Å². The first-order chi connectivity index (χ1) is 15.5. The van der Waals surface area contributed by atoms with E-state index in [1.54, 1.807) is 66.9 Å². The van der Waals surface area contributed by atoms with Gasteiger partial charge in [-0.2, -0.15) is 0 Å². The number of amides is 2. The zero-order valence-electron chi connectivity index (χ0n) is 17.5. The van der Waals surface area contributed by atoms with Crippen molar-refractivity contribution in [2.45, 2.75) is 37.8 Å². The van der Waals surface area contributed by atoms with Crippen molar-refractivity contribution in [2.75, 3.05) is 0 Å². The molecule has 7 heteroatoms. The maximum atomic E-state index is 12.9. The van der Waals surface area contributed by atoms with E-state index in [2.05, 4.69) is 10.6 Å². The highest BCUT2D eigenvalue weighted by Crippen LogP contribution is 2.20. The van der Waals surface area contributed by atoms with Crippen molar-refractivity contribution < 1.29 is 9.59 Å². The van der Waals surface area contributed by atoms with Gasteiger partial charge in [-0.1, -0.05) is 30.5 Å². The molecule has 0 bridgehead atoms. The summed E-state index contributed by atoms with van der Waals surface area (Å²) in [6.07, 6.45) is 5.29. The third-order valence-electron chi connectivity index (χ3n) is 5.74.